The molecular formula is C32H26O6. The monoisotopic (exact) mass is 506 g/mol. The zero-order valence-corrected chi connectivity index (χ0v) is 21.5. The highest BCUT2D eigenvalue weighted by atomic mass is 16.5. The van der Waals surface area contributed by atoms with Crippen LogP contribution < -0.4 is 14.2 Å². The summed E-state index contributed by atoms with van der Waals surface area (Å²) in [6.07, 6.45) is 0. The van der Waals surface area contributed by atoms with Gasteiger partial charge in [-0.15, -0.1) is 0 Å². The van der Waals surface area contributed by atoms with Crippen LogP contribution in [0.5, 0.6) is 17.2 Å². The predicted octanol–water partition coefficient (Wildman–Crippen LogP) is 6.84. The Labute approximate surface area is 221 Å². The Morgan fingerprint density at radius 3 is 1.55 bits per heavy atom. The summed E-state index contributed by atoms with van der Waals surface area (Å²) in [5.41, 5.74) is 6.56. The lowest BCUT2D eigenvalue weighted by Gasteiger charge is -2.14. The molecule has 0 saturated carbocycles. The average Bonchev–Trinajstić information content (AvgIpc) is 3.14. The molecule has 0 radical (unpaired) electrons. The van der Waals surface area contributed by atoms with Crippen LogP contribution in [0.4, 0.5) is 0 Å². The Balaban J connectivity index is 1.73. The van der Waals surface area contributed by atoms with E-state index in [0.717, 1.165) is 33.4 Å². The van der Waals surface area contributed by atoms with Crippen molar-refractivity contribution in [3.8, 4) is 39.5 Å². The summed E-state index contributed by atoms with van der Waals surface area (Å²) in [5.74, 6) is -0.872. The summed E-state index contributed by atoms with van der Waals surface area (Å²) in [6, 6.07) is 16.0. The van der Waals surface area contributed by atoms with Crippen LogP contribution in [0, 0.1) is 0 Å². The first kappa shape index (κ1) is 26.1. The van der Waals surface area contributed by atoms with Crippen molar-refractivity contribution in [1.29, 1.82) is 0 Å². The van der Waals surface area contributed by atoms with Crippen molar-refractivity contribution in [1.82, 2.24) is 0 Å². The minimum Gasteiger partial charge on any atom is -0.423 e. The van der Waals surface area contributed by atoms with Gasteiger partial charge in [0.2, 0.25) is 0 Å². The van der Waals surface area contributed by atoms with Crippen LogP contribution >= 0.6 is 0 Å². The number of hydrogen-bond acceptors (Lipinski definition) is 6. The molecule has 0 aliphatic heterocycles. The van der Waals surface area contributed by atoms with E-state index in [1.54, 1.807) is 45.0 Å². The third-order valence-corrected chi connectivity index (χ3v) is 5.88. The van der Waals surface area contributed by atoms with Gasteiger partial charge in [0.15, 0.2) is 0 Å². The molecule has 3 aromatic carbocycles. The molecule has 0 saturated heterocycles. The smallest absolute Gasteiger partial charge is 0.338 e. The summed E-state index contributed by atoms with van der Waals surface area (Å²) in [4.78, 5) is 36.4. The van der Waals surface area contributed by atoms with Crippen LogP contribution in [0.1, 0.15) is 31.9 Å². The highest BCUT2D eigenvalue weighted by Crippen LogP contribution is 2.47. The highest BCUT2D eigenvalue weighted by Gasteiger charge is 2.24. The van der Waals surface area contributed by atoms with Gasteiger partial charge in [0.1, 0.15) is 17.2 Å². The van der Waals surface area contributed by atoms with E-state index in [4.69, 9.17) is 14.2 Å². The Morgan fingerprint density at radius 2 is 1.00 bits per heavy atom. The molecule has 6 nitrogen and oxygen atoms in total. The Morgan fingerprint density at radius 1 is 0.553 bits per heavy atom. The molecule has 3 aromatic rings. The van der Waals surface area contributed by atoms with Gasteiger partial charge in [0.05, 0.1) is 0 Å². The standard InChI is InChI=1S/C32H26O6/c1-17(2)30(33)36-22-10-13-26-25-11-8-21(14-27(25)20(7)28(26)15-22)24-12-9-23(37-31(34)18(3)4)16-29(24)38-32(35)19(5)6/h8-16H,1,3,5,7H2,2,4,6H3. The van der Waals surface area contributed by atoms with Crippen LogP contribution in [-0.4, -0.2) is 17.9 Å². The van der Waals surface area contributed by atoms with Crippen LogP contribution in [-0.2, 0) is 14.4 Å². The Bertz CT molecular complexity index is 1590. The summed E-state index contributed by atoms with van der Waals surface area (Å²) in [5, 5.41) is 0. The van der Waals surface area contributed by atoms with Crippen molar-refractivity contribution in [3.63, 3.8) is 0 Å². The van der Waals surface area contributed by atoms with Gasteiger partial charge in [-0.05, 0) is 84.5 Å². The van der Waals surface area contributed by atoms with E-state index in [1.807, 2.05) is 24.3 Å². The summed E-state index contributed by atoms with van der Waals surface area (Å²) < 4.78 is 16.3. The third kappa shape index (κ3) is 5.11. The quantitative estimate of drug-likeness (QED) is 0.155. The van der Waals surface area contributed by atoms with Crippen LogP contribution in [0.25, 0.3) is 27.8 Å². The minimum atomic E-state index is -0.607. The SMILES string of the molecule is C=C(C)C(=O)Oc1ccc(-c2ccc3c(c2)C(=C)c2cc(OC(=O)C(=C)C)ccc2-3)c(OC(=O)C(=C)C)c1. The average molecular weight is 507 g/mol. The molecule has 0 N–H and O–H groups in total. The second kappa shape index (κ2) is 10.2. The van der Waals surface area contributed by atoms with Gasteiger partial charge < -0.3 is 14.2 Å². The second-order valence-corrected chi connectivity index (χ2v) is 9.11. The molecule has 38 heavy (non-hydrogen) atoms. The van der Waals surface area contributed by atoms with E-state index >= 15 is 0 Å². The molecule has 0 unspecified atom stereocenters. The normalized spacial score (nSPS) is 11.2. The molecule has 0 amide bonds. The molecule has 190 valence electrons. The maximum Gasteiger partial charge on any atom is 0.338 e. The Hall–Kier alpha value is -4.97. The fraction of sp³-hybridized carbons (Fsp3) is 0.0938. The van der Waals surface area contributed by atoms with Gasteiger partial charge in [-0.1, -0.05) is 44.5 Å². The molecule has 1 aliphatic carbocycles. The number of esters is 3. The largest absolute Gasteiger partial charge is 0.423 e. The van der Waals surface area contributed by atoms with Gasteiger partial charge in [0.25, 0.3) is 0 Å². The topological polar surface area (TPSA) is 78.9 Å². The Kier molecular flexibility index (Phi) is 7.00. The molecule has 4 rings (SSSR count). The number of ether oxygens (including phenoxy) is 3. The first-order chi connectivity index (χ1) is 18.0. The molecular weight excluding hydrogens is 480 g/mol. The van der Waals surface area contributed by atoms with E-state index in [9.17, 15) is 14.4 Å². The maximum atomic E-state index is 12.4. The van der Waals surface area contributed by atoms with Crippen LogP contribution in [0.2, 0.25) is 0 Å². The van der Waals surface area contributed by atoms with Gasteiger partial charge in [0, 0.05) is 28.3 Å². The predicted molar refractivity (Wildman–Crippen MR) is 147 cm³/mol. The zero-order chi connectivity index (χ0) is 27.7. The fourth-order valence-electron chi connectivity index (χ4n) is 3.88. The zero-order valence-electron chi connectivity index (χ0n) is 21.5. The minimum absolute atomic E-state index is 0.208. The second-order valence-electron chi connectivity index (χ2n) is 9.11. The first-order valence-corrected chi connectivity index (χ1v) is 11.7. The van der Waals surface area contributed by atoms with Gasteiger partial charge in [-0.25, -0.2) is 14.4 Å². The number of carbonyl (C=O) groups is 3. The molecule has 0 bridgehead atoms. The molecule has 0 atom stereocenters. The molecule has 6 heteroatoms. The number of fused-ring (bicyclic) bond motifs is 3. The lowest BCUT2D eigenvalue weighted by molar-refractivity contribution is -0.131. The van der Waals surface area contributed by atoms with E-state index < -0.39 is 17.9 Å². The van der Waals surface area contributed by atoms with Crippen molar-refractivity contribution < 1.29 is 28.6 Å². The highest BCUT2D eigenvalue weighted by molar-refractivity contribution is 6.02. The number of rotatable bonds is 7. The van der Waals surface area contributed by atoms with Crippen molar-refractivity contribution in [2.45, 2.75) is 20.8 Å². The summed E-state index contributed by atoms with van der Waals surface area (Å²) >= 11 is 0. The van der Waals surface area contributed by atoms with Gasteiger partial charge >= 0.3 is 17.9 Å². The number of benzene rings is 3. The summed E-state index contributed by atoms with van der Waals surface area (Å²) in [6.45, 7) is 19.8. The third-order valence-electron chi connectivity index (χ3n) is 5.88. The number of hydrogen-bond donors (Lipinski definition) is 0. The van der Waals surface area contributed by atoms with Crippen molar-refractivity contribution in [2.24, 2.45) is 0 Å². The molecule has 0 aromatic heterocycles. The molecule has 0 spiro atoms. The molecule has 0 heterocycles. The van der Waals surface area contributed by atoms with Crippen molar-refractivity contribution >= 4 is 23.5 Å². The fourth-order valence-corrected chi connectivity index (χ4v) is 3.88. The van der Waals surface area contributed by atoms with E-state index in [1.165, 1.54) is 6.07 Å². The van der Waals surface area contributed by atoms with Crippen LogP contribution in [0.3, 0.4) is 0 Å². The van der Waals surface area contributed by atoms with Gasteiger partial charge in [-0.2, -0.15) is 0 Å². The van der Waals surface area contributed by atoms with Gasteiger partial charge in [-0.3, -0.25) is 0 Å². The van der Waals surface area contributed by atoms with E-state index in [-0.39, 0.29) is 22.6 Å². The molecule has 1 aliphatic rings. The first-order valence-electron chi connectivity index (χ1n) is 11.7. The number of carbonyl (C=O) groups excluding carboxylic acids is 3. The summed E-state index contributed by atoms with van der Waals surface area (Å²) in [7, 11) is 0. The van der Waals surface area contributed by atoms with Crippen molar-refractivity contribution in [2.75, 3.05) is 0 Å². The van der Waals surface area contributed by atoms with Crippen LogP contribution in [0.15, 0.2) is 97.6 Å². The maximum absolute atomic E-state index is 12.4. The molecule has 0 fully saturated rings. The van der Waals surface area contributed by atoms with E-state index in [0.29, 0.717) is 16.9 Å². The lowest BCUT2D eigenvalue weighted by atomic mass is 9.97. The van der Waals surface area contributed by atoms with Crippen molar-refractivity contribution in [3.05, 3.63) is 109 Å². The lowest BCUT2D eigenvalue weighted by Crippen LogP contribution is -2.11. The van der Waals surface area contributed by atoms with E-state index in [2.05, 4.69) is 26.3 Å².